The molecule has 266 valence electrons. The Morgan fingerprint density at radius 1 is 0.941 bits per heavy atom. The second-order valence-corrected chi connectivity index (χ2v) is 13.1. The highest BCUT2D eigenvalue weighted by Crippen LogP contribution is 2.36. The summed E-state index contributed by atoms with van der Waals surface area (Å²) in [6.07, 6.45) is 3.49. The summed E-state index contributed by atoms with van der Waals surface area (Å²) >= 11 is 0. The SMILES string of the molecule is CNC(=O)[C@@H](NC(=O)[C@H]1CN(C(=O)[C@@H]2CN(C(=O)c3nccn3C)C[C@H]2c2ccccc2)CC[C@@H]1NC(=O)Cc1cc(C)no1)c1ccccc1. The number of amides is 5. The monoisotopic (exact) mass is 694 g/mol. The molecule has 6 rings (SSSR count). The van der Waals surface area contributed by atoms with E-state index in [1.54, 1.807) is 71.1 Å². The molecule has 2 aliphatic rings. The number of hydrogen-bond donors (Lipinski definition) is 3. The largest absolute Gasteiger partial charge is 0.361 e. The number of likely N-dealkylation sites (N-methyl/N-ethyl adjacent to an activating group) is 1. The molecule has 14 heteroatoms. The van der Waals surface area contributed by atoms with E-state index in [0.29, 0.717) is 30.0 Å². The first-order chi connectivity index (χ1) is 24.6. The van der Waals surface area contributed by atoms with Crippen molar-refractivity contribution in [2.24, 2.45) is 18.9 Å². The molecule has 2 fully saturated rings. The fourth-order valence-electron chi connectivity index (χ4n) is 7.05. The minimum atomic E-state index is -0.994. The first-order valence-electron chi connectivity index (χ1n) is 17.0. The van der Waals surface area contributed by atoms with Crippen molar-refractivity contribution in [3.05, 3.63) is 108 Å². The van der Waals surface area contributed by atoms with Crippen molar-refractivity contribution in [3.8, 4) is 0 Å². The van der Waals surface area contributed by atoms with Crippen molar-refractivity contribution in [2.75, 3.05) is 33.2 Å². The number of carbonyl (C=O) groups excluding carboxylic acids is 5. The molecule has 2 aromatic heterocycles. The first-order valence-corrected chi connectivity index (χ1v) is 17.0. The number of aromatic nitrogens is 3. The van der Waals surface area contributed by atoms with E-state index in [4.69, 9.17) is 4.52 Å². The lowest BCUT2D eigenvalue weighted by molar-refractivity contribution is -0.141. The van der Waals surface area contributed by atoms with Crippen molar-refractivity contribution in [2.45, 2.75) is 37.8 Å². The van der Waals surface area contributed by atoms with Crippen molar-refractivity contribution in [3.63, 3.8) is 0 Å². The van der Waals surface area contributed by atoms with Gasteiger partial charge in [-0.3, -0.25) is 24.0 Å². The van der Waals surface area contributed by atoms with E-state index in [2.05, 4.69) is 26.1 Å². The maximum absolute atomic E-state index is 14.5. The van der Waals surface area contributed by atoms with E-state index in [-0.39, 0.29) is 55.5 Å². The molecule has 2 aromatic carbocycles. The smallest absolute Gasteiger partial charge is 0.289 e. The summed E-state index contributed by atoms with van der Waals surface area (Å²) in [5, 5.41) is 12.3. The summed E-state index contributed by atoms with van der Waals surface area (Å²) in [6, 6.07) is 18.5. The number of likely N-dealkylation sites (tertiary alicyclic amines) is 2. The maximum atomic E-state index is 14.5. The summed E-state index contributed by atoms with van der Waals surface area (Å²) in [7, 11) is 3.24. The molecule has 0 bridgehead atoms. The molecule has 0 saturated carbocycles. The number of aryl methyl sites for hydroxylation is 2. The van der Waals surface area contributed by atoms with Crippen LogP contribution in [-0.2, 0) is 32.6 Å². The molecule has 2 aliphatic heterocycles. The highest BCUT2D eigenvalue weighted by atomic mass is 16.5. The highest BCUT2D eigenvalue weighted by molar-refractivity contribution is 5.93. The lowest BCUT2D eigenvalue weighted by atomic mass is 9.85. The Labute approximate surface area is 295 Å². The third-order valence-corrected chi connectivity index (χ3v) is 9.71. The summed E-state index contributed by atoms with van der Waals surface area (Å²) in [6.45, 7) is 2.54. The minimum Gasteiger partial charge on any atom is -0.361 e. The predicted molar refractivity (Wildman–Crippen MR) is 185 cm³/mol. The predicted octanol–water partition coefficient (Wildman–Crippen LogP) is 1.75. The molecular weight excluding hydrogens is 652 g/mol. The van der Waals surface area contributed by atoms with Gasteiger partial charge >= 0.3 is 0 Å². The average molecular weight is 695 g/mol. The number of rotatable bonds is 10. The van der Waals surface area contributed by atoms with Gasteiger partial charge in [0.1, 0.15) is 11.8 Å². The highest BCUT2D eigenvalue weighted by Gasteiger charge is 2.46. The molecule has 3 N–H and O–H groups in total. The molecule has 0 spiro atoms. The van der Waals surface area contributed by atoms with E-state index < -0.39 is 35.7 Å². The molecule has 0 radical (unpaired) electrons. The van der Waals surface area contributed by atoms with E-state index in [1.165, 1.54) is 7.05 Å². The van der Waals surface area contributed by atoms with Gasteiger partial charge in [0.15, 0.2) is 5.82 Å². The van der Waals surface area contributed by atoms with E-state index in [0.717, 1.165) is 5.56 Å². The summed E-state index contributed by atoms with van der Waals surface area (Å²) in [5.74, 6) is -2.78. The number of piperidine rings is 1. The number of benzene rings is 2. The lowest BCUT2D eigenvalue weighted by Gasteiger charge is -2.40. The van der Waals surface area contributed by atoms with Crippen LogP contribution in [0, 0.1) is 18.8 Å². The zero-order valence-electron chi connectivity index (χ0n) is 28.8. The lowest BCUT2D eigenvalue weighted by Crippen LogP contribution is -2.58. The molecule has 4 aromatic rings. The topological polar surface area (TPSA) is 172 Å². The van der Waals surface area contributed by atoms with Crippen molar-refractivity contribution in [1.29, 1.82) is 0 Å². The Balaban J connectivity index is 1.25. The molecule has 0 unspecified atom stereocenters. The van der Waals surface area contributed by atoms with Crippen LogP contribution in [0.25, 0.3) is 0 Å². The molecule has 5 atom stereocenters. The van der Waals surface area contributed by atoms with E-state index >= 15 is 0 Å². The molecule has 5 amide bonds. The second kappa shape index (κ2) is 15.4. The standard InChI is InChI=1S/C37H42N8O6/c1-23-18-26(51-42-23)19-31(46)40-30-14-16-44(22-29(30)34(47)41-32(35(48)38-2)25-12-8-5-9-13-25)36(49)28-21-45(37(50)33-39-15-17-43(33)3)20-27(28)24-10-6-4-7-11-24/h4-13,15,17-18,27-30,32H,14,16,19-22H2,1-3H3,(H,38,48)(H,40,46)(H,41,47)/t27-,28+,29-,30-,32-/m0/s1. The Bertz CT molecular complexity index is 1880. The average Bonchev–Trinajstić information content (AvgIpc) is 3.90. The Kier molecular flexibility index (Phi) is 10.6. The van der Waals surface area contributed by atoms with Crippen LogP contribution in [0.2, 0.25) is 0 Å². The quantitative estimate of drug-likeness (QED) is 0.225. The summed E-state index contributed by atoms with van der Waals surface area (Å²) in [4.78, 5) is 75.9. The molecular formula is C37H42N8O6. The zero-order chi connectivity index (χ0) is 36.1. The zero-order valence-corrected chi connectivity index (χ0v) is 28.8. The maximum Gasteiger partial charge on any atom is 0.289 e. The van der Waals surface area contributed by atoms with Gasteiger partial charge in [-0.1, -0.05) is 65.8 Å². The summed E-state index contributed by atoms with van der Waals surface area (Å²) in [5.41, 5.74) is 2.16. The van der Waals surface area contributed by atoms with Crippen LogP contribution >= 0.6 is 0 Å². The first kappa shape index (κ1) is 35.1. The van der Waals surface area contributed by atoms with Crippen molar-refractivity contribution >= 4 is 29.5 Å². The van der Waals surface area contributed by atoms with Gasteiger partial charge in [-0.2, -0.15) is 0 Å². The van der Waals surface area contributed by atoms with Gasteiger partial charge in [0.25, 0.3) is 5.91 Å². The third-order valence-electron chi connectivity index (χ3n) is 9.71. The van der Waals surface area contributed by atoms with Gasteiger partial charge < -0.3 is 34.8 Å². The van der Waals surface area contributed by atoms with Gasteiger partial charge in [-0.25, -0.2) is 4.98 Å². The fraction of sp³-hybridized carbons (Fsp3) is 0.378. The Hall–Kier alpha value is -5.79. The van der Waals surface area contributed by atoms with Crippen LogP contribution < -0.4 is 16.0 Å². The number of imidazole rings is 1. The molecule has 0 aliphatic carbocycles. The van der Waals surface area contributed by atoms with Gasteiger partial charge in [-0.05, 0) is 24.5 Å². The van der Waals surface area contributed by atoms with E-state index in [9.17, 15) is 24.0 Å². The van der Waals surface area contributed by atoms with Crippen LogP contribution in [0.5, 0.6) is 0 Å². The summed E-state index contributed by atoms with van der Waals surface area (Å²) < 4.78 is 6.88. The Morgan fingerprint density at radius 2 is 1.65 bits per heavy atom. The van der Waals surface area contributed by atoms with Crippen LogP contribution in [0.4, 0.5) is 0 Å². The Morgan fingerprint density at radius 3 is 2.29 bits per heavy atom. The van der Waals surface area contributed by atoms with Gasteiger partial charge in [-0.15, -0.1) is 0 Å². The van der Waals surface area contributed by atoms with Crippen LogP contribution in [0.15, 0.2) is 83.6 Å². The number of nitrogens with zero attached hydrogens (tertiary/aromatic N) is 5. The number of hydrogen-bond acceptors (Lipinski definition) is 8. The molecule has 14 nitrogen and oxygen atoms in total. The van der Waals surface area contributed by atoms with Crippen LogP contribution in [0.1, 0.15) is 51.6 Å². The van der Waals surface area contributed by atoms with Crippen LogP contribution in [0.3, 0.4) is 0 Å². The minimum absolute atomic E-state index is 0.00238. The molecule has 51 heavy (non-hydrogen) atoms. The molecule has 4 heterocycles. The van der Waals surface area contributed by atoms with Gasteiger partial charge in [0.05, 0.1) is 24.0 Å². The number of nitrogens with one attached hydrogen (secondary N) is 3. The van der Waals surface area contributed by atoms with Gasteiger partial charge in [0.2, 0.25) is 23.6 Å². The normalized spacial score (nSPS) is 20.8. The third kappa shape index (κ3) is 7.84. The van der Waals surface area contributed by atoms with Crippen LogP contribution in [-0.4, -0.2) is 93.3 Å². The van der Waals surface area contributed by atoms with Crippen molar-refractivity contribution < 1.29 is 28.5 Å². The fourth-order valence-corrected chi connectivity index (χ4v) is 7.05. The molecule has 2 saturated heterocycles. The number of carbonyl (C=O) groups is 5. The van der Waals surface area contributed by atoms with Crippen molar-refractivity contribution in [1.82, 2.24) is 40.5 Å². The van der Waals surface area contributed by atoms with Gasteiger partial charge in [0, 0.05) is 70.7 Å². The second-order valence-electron chi connectivity index (χ2n) is 13.1. The van der Waals surface area contributed by atoms with E-state index in [1.807, 2.05) is 36.4 Å².